The summed E-state index contributed by atoms with van der Waals surface area (Å²) < 4.78 is 4.90. The van der Waals surface area contributed by atoms with E-state index in [-0.39, 0.29) is 11.2 Å². The average Bonchev–Trinajstić information content (AvgIpc) is 1.84. The Kier molecular flexibility index (Phi) is 3.13. The number of hydrogen-bond acceptors (Lipinski definition) is 2. The van der Waals surface area contributed by atoms with Crippen molar-refractivity contribution in [3.63, 3.8) is 0 Å². The van der Waals surface area contributed by atoms with Crippen LogP contribution in [-0.4, -0.2) is 12.4 Å². The van der Waals surface area contributed by atoms with E-state index in [9.17, 15) is 4.79 Å². The highest BCUT2D eigenvalue weighted by Crippen LogP contribution is 2.16. The third-order valence-corrected chi connectivity index (χ3v) is 1.52. The second-order valence-electron chi connectivity index (χ2n) is 2.92. The van der Waals surface area contributed by atoms with Gasteiger partial charge in [0, 0.05) is 0 Å². The predicted octanol–water partition coefficient (Wildman–Crippen LogP) is 1.76. The van der Waals surface area contributed by atoms with Crippen LogP contribution in [0.5, 0.6) is 0 Å². The molecule has 0 fully saturated rings. The van der Waals surface area contributed by atoms with E-state index < -0.39 is 0 Å². The molecule has 0 saturated carbocycles. The molecule has 0 aromatic heterocycles. The minimum Gasteiger partial charge on any atom is -0.501 e. The van der Waals surface area contributed by atoms with Crippen molar-refractivity contribution in [2.45, 2.75) is 20.8 Å². The van der Waals surface area contributed by atoms with E-state index in [1.54, 1.807) is 6.92 Å². The van der Waals surface area contributed by atoms with E-state index in [4.69, 9.17) is 4.74 Å². The van der Waals surface area contributed by atoms with Crippen molar-refractivity contribution in [3.8, 4) is 0 Å². The monoisotopic (exact) mass is 142 g/mol. The Bertz CT molecular complexity index is 136. The zero-order valence-electron chi connectivity index (χ0n) is 6.81. The fraction of sp³-hybridized carbons (Fsp3) is 0.625. The Hall–Kier alpha value is -0.790. The van der Waals surface area contributed by atoms with Crippen molar-refractivity contribution >= 4 is 5.78 Å². The first kappa shape index (κ1) is 9.21. The number of Topliss-reactive ketones (excluding diaryl/α,β-unsaturated/α-hetero) is 1. The van der Waals surface area contributed by atoms with Crippen LogP contribution in [0.25, 0.3) is 0 Å². The zero-order valence-corrected chi connectivity index (χ0v) is 6.81. The minimum atomic E-state index is -0.381. The maximum Gasteiger partial charge on any atom is 0.138 e. The third kappa shape index (κ3) is 2.67. The molecule has 0 atom stereocenters. The molecule has 0 bridgehead atoms. The number of carbonyl (C=O) groups excluding carboxylic acids is 1. The molecule has 58 valence electrons. The largest absolute Gasteiger partial charge is 0.501 e. The van der Waals surface area contributed by atoms with Crippen LogP contribution in [0.1, 0.15) is 20.8 Å². The Labute approximate surface area is 61.9 Å². The van der Waals surface area contributed by atoms with Crippen LogP contribution < -0.4 is 0 Å². The molecule has 0 aromatic carbocycles. The van der Waals surface area contributed by atoms with Gasteiger partial charge in [-0.05, 0) is 20.8 Å². The number of carbonyl (C=O) groups is 1. The van der Waals surface area contributed by atoms with Crippen LogP contribution in [0.2, 0.25) is 0 Å². The quantitative estimate of drug-likeness (QED) is 0.559. The van der Waals surface area contributed by atoms with E-state index >= 15 is 0 Å². The number of hydrogen-bond donors (Lipinski definition) is 0. The van der Waals surface area contributed by atoms with Gasteiger partial charge < -0.3 is 4.74 Å². The minimum absolute atomic E-state index is 0.134. The smallest absolute Gasteiger partial charge is 0.138 e. The Balaban J connectivity index is 3.86. The van der Waals surface area contributed by atoms with Gasteiger partial charge >= 0.3 is 0 Å². The van der Waals surface area contributed by atoms with Gasteiger partial charge in [-0.25, -0.2) is 0 Å². The SMILES string of the molecule is C=COCC(C)(C)C(C)=O. The highest BCUT2D eigenvalue weighted by molar-refractivity contribution is 5.81. The highest BCUT2D eigenvalue weighted by Gasteiger charge is 2.23. The lowest BCUT2D eigenvalue weighted by molar-refractivity contribution is -0.126. The van der Waals surface area contributed by atoms with Crippen molar-refractivity contribution in [3.05, 3.63) is 12.8 Å². The first-order chi connectivity index (χ1) is 4.50. The van der Waals surface area contributed by atoms with Crippen LogP contribution in [0.4, 0.5) is 0 Å². The van der Waals surface area contributed by atoms with Crippen LogP contribution in [0, 0.1) is 5.41 Å². The predicted molar refractivity (Wildman–Crippen MR) is 40.6 cm³/mol. The molecule has 0 N–H and O–H groups in total. The third-order valence-electron chi connectivity index (χ3n) is 1.52. The lowest BCUT2D eigenvalue weighted by Gasteiger charge is -2.19. The van der Waals surface area contributed by atoms with E-state index in [1.165, 1.54) is 6.26 Å². The van der Waals surface area contributed by atoms with Gasteiger partial charge in [0.25, 0.3) is 0 Å². The maximum atomic E-state index is 10.9. The lowest BCUT2D eigenvalue weighted by atomic mass is 9.90. The molecular formula is C8H14O2. The van der Waals surface area contributed by atoms with Crippen molar-refractivity contribution in [1.29, 1.82) is 0 Å². The molecule has 0 aliphatic heterocycles. The Morgan fingerprint density at radius 3 is 2.50 bits per heavy atom. The van der Waals surface area contributed by atoms with Crippen molar-refractivity contribution in [1.82, 2.24) is 0 Å². The number of rotatable bonds is 4. The zero-order chi connectivity index (χ0) is 8.20. The van der Waals surface area contributed by atoms with Crippen LogP contribution >= 0.6 is 0 Å². The lowest BCUT2D eigenvalue weighted by Crippen LogP contribution is -2.26. The second kappa shape index (κ2) is 3.40. The Morgan fingerprint density at radius 2 is 2.20 bits per heavy atom. The summed E-state index contributed by atoms with van der Waals surface area (Å²) in [6.45, 7) is 9.05. The van der Waals surface area contributed by atoms with Crippen molar-refractivity contribution < 1.29 is 9.53 Å². The fourth-order valence-corrected chi connectivity index (χ4v) is 0.369. The molecule has 0 rings (SSSR count). The van der Waals surface area contributed by atoms with Gasteiger partial charge in [0.05, 0.1) is 18.3 Å². The van der Waals surface area contributed by atoms with Crippen LogP contribution in [-0.2, 0) is 9.53 Å². The highest BCUT2D eigenvalue weighted by atomic mass is 16.5. The van der Waals surface area contributed by atoms with Gasteiger partial charge in [-0.15, -0.1) is 0 Å². The molecule has 0 aromatic rings. The fourth-order valence-electron chi connectivity index (χ4n) is 0.369. The van der Waals surface area contributed by atoms with Crippen molar-refractivity contribution in [2.24, 2.45) is 5.41 Å². The summed E-state index contributed by atoms with van der Waals surface area (Å²) in [5.41, 5.74) is -0.381. The summed E-state index contributed by atoms with van der Waals surface area (Å²) in [4.78, 5) is 10.9. The molecule has 0 saturated heterocycles. The molecular weight excluding hydrogens is 128 g/mol. The maximum absolute atomic E-state index is 10.9. The standard InChI is InChI=1S/C8H14O2/c1-5-10-6-8(3,4)7(2)9/h5H,1,6H2,2-4H3. The molecule has 0 aliphatic carbocycles. The van der Waals surface area contributed by atoms with E-state index in [2.05, 4.69) is 6.58 Å². The topological polar surface area (TPSA) is 26.3 Å². The van der Waals surface area contributed by atoms with Crippen molar-refractivity contribution in [2.75, 3.05) is 6.61 Å². The summed E-state index contributed by atoms with van der Waals surface area (Å²) in [6.07, 6.45) is 1.35. The molecule has 0 aliphatic rings. The van der Waals surface area contributed by atoms with Gasteiger partial charge in [0.1, 0.15) is 5.78 Å². The summed E-state index contributed by atoms with van der Waals surface area (Å²) in [7, 11) is 0. The van der Waals surface area contributed by atoms with Gasteiger partial charge in [-0.3, -0.25) is 4.79 Å². The van der Waals surface area contributed by atoms with Crippen LogP contribution in [0.15, 0.2) is 12.8 Å². The van der Waals surface area contributed by atoms with E-state index in [0.717, 1.165) is 0 Å². The summed E-state index contributed by atoms with van der Waals surface area (Å²) in [5, 5.41) is 0. The molecule has 2 heteroatoms. The average molecular weight is 142 g/mol. The second-order valence-corrected chi connectivity index (χ2v) is 2.92. The van der Waals surface area contributed by atoms with Gasteiger partial charge in [-0.2, -0.15) is 0 Å². The molecule has 10 heavy (non-hydrogen) atoms. The molecule has 0 radical (unpaired) electrons. The molecule has 0 unspecified atom stereocenters. The summed E-state index contributed by atoms with van der Waals surface area (Å²) in [6, 6.07) is 0. The number of ketones is 1. The van der Waals surface area contributed by atoms with E-state index in [1.807, 2.05) is 13.8 Å². The Morgan fingerprint density at radius 1 is 1.70 bits per heavy atom. The van der Waals surface area contributed by atoms with Crippen LogP contribution in [0.3, 0.4) is 0 Å². The number of ether oxygens (including phenoxy) is 1. The first-order valence-electron chi connectivity index (χ1n) is 3.24. The van der Waals surface area contributed by atoms with Gasteiger partial charge in [0.15, 0.2) is 0 Å². The van der Waals surface area contributed by atoms with E-state index in [0.29, 0.717) is 6.61 Å². The molecule has 2 nitrogen and oxygen atoms in total. The molecule has 0 amide bonds. The van der Waals surface area contributed by atoms with Gasteiger partial charge in [0.2, 0.25) is 0 Å². The molecule has 0 heterocycles. The summed E-state index contributed by atoms with van der Waals surface area (Å²) >= 11 is 0. The molecule has 0 spiro atoms. The first-order valence-corrected chi connectivity index (χ1v) is 3.24. The van der Waals surface area contributed by atoms with Gasteiger partial charge in [-0.1, -0.05) is 6.58 Å². The normalized spacial score (nSPS) is 10.7. The summed E-state index contributed by atoms with van der Waals surface area (Å²) in [5.74, 6) is 0.134.